The first-order chi connectivity index (χ1) is 26.5. The van der Waals surface area contributed by atoms with Crippen LogP contribution in [0.2, 0.25) is 0 Å². The van der Waals surface area contributed by atoms with Crippen LogP contribution in [0.25, 0.3) is 27.5 Å². The number of ether oxygens (including phenoxy) is 1. The predicted molar refractivity (Wildman–Crippen MR) is 218 cm³/mol. The van der Waals surface area contributed by atoms with Gasteiger partial charge < -0.3 is 14.7 Å². The summed E-state index contributed by atoms with van der Waals surface area (Å²) in [5.41, 5.74) is 7.28. The molecule has 0 spiro atoms. The van der Waals surface area contributed by atoms with Crippen LogP contribution in [0.4, 0.5) is 0 Å². The standard InChI is InChI=1S/C48H54N2O5/c1-4-8-42(39-11-7-26-49-30-39)47(2)24-23-43-38(29-47)18-19-40-28-41(22-25-48(40,43)3)55-46(54)21-20-44(51)50(32-45(52)53)31-33-12-14-35(15-13-33)37-17-16-34-9-5-6-10-36(34)27-37/h5-17,19,26-27,30,38,41,43H,4,18,20-25,28-29,31-32H2,1-3H3,(H,52,53)/b42-8-/t38?,41?,43-,47?,48?/m0/s1. The minimum absolute atomic E-state index is 0.0729. The second kappa shape index (κ2) is 16.4. The topological polar surface area (TPSA) is 96.8 Å². The number of fused-ring (bicyclic) bond motifs is 4. The molecule has 3 aliphatic rings. The van der Waals surface area contributed by atoms with Gasteiger partial charge in [-0.1, -0.05) is 105 Å². The van der Waals surface area contributed by atoms with Crippen LogP contribution in [0.3, 0.4) is 0 Å². The zero-order chi connectivity index (χ0) is 38.6. The molecule has 7 nitrogen and oxygen atoms in total. The number of pyridine rings is 1. The van der Waals surface area contributed by atoms with E-state index in [1.807, 2.05) is 54.9 Å². The first-order valence-corrected chi connectivity index (χ1v) is 20.1. The van der Waals surface area contributed by atoms with E-state index in [0.29, 0.717) is 11.8 Å². The van der Waals surface area contributed by atoms with Crippen LogP contribution in [0, 0.1) is 22.7 Å². The van der Waals surface area contributed by atoms with Gasteiger partial charge in [0.15, 0.2) is 0 Å². The lowest BCUT2D eigenvalue weighted by atomic mass is 9.49. The van der Waals surface area contributed by atoms with Gasteiger partial charge in [-0.3, -0.25) is 19.4 Å². The third kappa shape index (κ3) is 8.46. The summed E-state index contributed by atoms with van der Waals surface area (Å²) in [4.78, 5) is 43.9. The molecule has 1 aromatic heterocycles. The van der Waals surface area contributed by atoms with Crippen molar-refractivity contribution >= 4 is 34.2 Å². The third-order valence-electron chi connectivity index (χ3n) is 12.9. The number of rotatable bonds is 12. The van der Waals surface area contributed by atoms with E-state index >= 15 is 0 Å². The van der Waals surface area contributed by atoms with Gasteiger partial charge in [-0.2, -0.15) is 0 Å². The number of aliphatic carboxylic acids is 1. The fourth-order valence-electron chi connectivity index (χ4n) is 10.0. The number of carbonyl (C=O) groups is 3. The Morgan fingerprint density at radius 3 is 2.45 bits per heavy atom. The van der Waals surface area contributed by atoms with Crippen LogP contribution in [-0.2, 0) is 25.7 Å². The highest BCUT2D eigenvalue weighted by Crippen LogP contribution is 2.61. The van der Waals surface area contributed by atoms with Crippen molar-refractivity contribution in [2.75, 3.05) is 6.54 Å². The molecular weight excluding hydrogens is 685 g/mol. The summed E-state index contributed by atoms with van der Waals surface area (Å²) >= 11 is 0. The fraction of sp³-hybridized carbons (Fsp3) is 0.417. The van der Waals surface area contributed by atoms with Crippen LogP contribution in [0.15, 0.2) is 109 Å². The second-order valence-corrected chi connectivity index (χ2v) is 16.6. The molecule has 2 fully saturated rings. The summed E-state index contributed by atoms with van der Waals surface area (Å²) in [6.45, 7) is 6.82. The molecule has 1 amide bonds. The highest BCUT2D eigenvalue weighted by Gasteiger charge is 2.51. The van der Waals surface area contributed by atoms with Crippen molar-refractivity contribution < 1.29 is 24.2 Å². The Hall–Kier alpha value is -5.04. The van der Waals surface area contributed by atoms with Crippen molar-refractivity contribution in [1.82, 2.24) is 9.88 Å². The molecule has 7 heteroatoms. The van der Waals surface area contributed by atoms with E-state index in [0.717, 1.165) is 60.6 Å². The summed E-state index contributed by atoms with van der Waals surface area (Å²) < 4.78 is 5.99. The SMILES string of the molecule is CC/C=C(/c1cccnc1)C1(C)CC[C@H]2C(CC=C3CC(OC(=O)CCC(=O)N(CC(=O)O)Cc4ccc(-c5ccc6ccccc6c5)cc4)CCC32C)C1. The van der Waals surface area contributed by atoms with Crippen LogP contribution in [-0.4, -0.2) is 45.5 Å². The largest absolute Gasteiger partial charge is 0.480 e. The second-order valence-electron chi connectivity index (χ2n) is 16.6. The van der Waals surface area contributed by atoms with Gasteiger partial charge in [-0.15, -0.1) is 0 Å². The normalized spacial score (nSPS) is 25.0. The molecule has 0 bridgehead atoms. The molecule has 0 aliphatic heterocycles. The first-order valence-electron chi connectivity index (χ1n) is 20.1. The van der Waals surface area contributed by atoms with E-state index < -0.39 is 18.5 Å². The number of esters is 1. The highest BCUT2D eigenvalue weighted by atomic mass is 16.5. The summed E-state index contributed by atoms with van der Waals surface area (Å²) in [6.07, 6.45) is 16.4. The van der Waals surface area contributed by atoms with Gasteiger partial charge in [0.2, 0.25) is 5.91 Å². The van der Waals surface area contributed by atoms with Crippen molar-refractivity contribution in [3.05, 3.63) is 120 Å². The predicted octanol–water partition coefficient (Wildman–Crippen LogP) is 10.4. The molecule has 0 radical (unpaired) electrons. The lowest BCUT2D eigenvalue weighted by Gasteiger charge is -2.55. The molecule has 1 heterocycles. The van der Waals surface area contributed by atoms with Crippen molar-refractivity contribution in [1.29, 1.82) is 0 Å². The summed E-state index contributed by atoms with van der Waals surface area (Å²) in [7, 11) is 0. The number of hydrogen-bond donors (Lipinski definition) is 1. The van der Waals surface area contributed by atoms with E-state index in [4.69, 9.17) is 4.74 Å². The summed E-state index contributed by atoms with van der Waals surface area (Å²) in [5, 5.41) is 11.9. The molecule has 3 aromatic carbocycles. The number of nitrogens with zero attached hydrogens (tertiary/aromatic N) is 2. The smallest absolute Gasteiger partial charge is 0.323 e. The van der Waals surface area contributed by atoms with Crippen LogP contribution >= 0.6 is 0 Å². The molecule has 3 aliphatic carbocycles. The van der Waals surface area contributed by atoms with Gasteiger partial charge in [-0.25, -0.2) is 0 Å². The number of hydrogen-bond acceptors (Lipinski definition) is 5. The van der Waals surface area contributed by atoms with E-state index in [1.54, 1.807) is 0 Å². The maximum Gasteiger partial charge on any atom is 0.323 e. The Kier molecular flexibility index (Phi) is 11.4. The van der Waals surface area contributed by atoms with Crippen molar-refractivity contribution in [3.8, 4) is 11.1 Å². The number of aromatic nitrogens is 1. The monoisotopic (exact) mass is 738 g/mol. The Morgan fingerprint density at radius 2 is 1.71 bits per heavy atom. The zero-order valence-electron chi connectivity index (χ0n) is 32.5. The van der Waals surface area contributed by atoms with Crippen molar-refractivity contribution in [3.63, 3.8) is 0 Å². The fourth-order valence-corrected chi connectivity index (χ4v) is 10.0. The van der Waals surface area contributed by atoms with Gasteiger partial charge >= 0.3 is 11.9 Å². The quantitative estimate of drug-likeness (QED) is 0.115. The number of carboxylic acid groups (broad SMARTS) is 1. The lowest BCUT2D eigenvalue weighted by Crippen LogP contribution is -2.46. The lowest BCUT2D eigenvalue weighted by molar-refractivity contribution is -0.153. The maximum absolute atomic E-state index is 13.3. The minimum atomic E-state index is -1.09. The first kappa shape index (κ1) is 38.2. The Labute approximate surface area is 325 Å². The molecule has 286 valence electrons. The molecule has 5 atom stereocenters. The molecular formula is C48H54N2O5. The Bertz CT molecular complexity index is 2090. The molecule has 1 N–H and O–H groups in total. The van der Waals surface area contributed by atoms with Crippen LogP contribution < -0.4 is 0 Å². The number of benzene rings is 3. The van der Waals surface area contributed by atoms with Crippen molar-refractivity contribution in [2.45, 2.75) is 97.6 Å². The molecule has 4 aromatic rings. The molecule has 2 saturated carbocycles. The summed E-state index contributed by atoms with van der Waals surface area (Å²) in [5.74, 6) is -0.635. The van der Waals surface area contributed by atoms with Crippen LogP contribution in [0.5, 0.6) is 0 Å². The molecule has 7 rings (SSSR count). The van der Waals surface area contributed by atoms with Crippen LogP contribution in [0.1, 0.15) is 96.1 Å². The van der Waals surface area contributed by atoms with E-state index in [-0.39, 0.29) is 42.2 Å². The van der Waals surface area contributed by atoms with Gasteiger partial charge in [0.1, 0.15) is 12.6 Å². The minimum Gasteiger partial charge on any atom is -0.480 e. The van der Waals surface area contributed by atoms with Gasteiger partial charge in [0, 0.05) is 31.8 Å². The number of amides is 1. The number of carbonyl (C=O) groups excluding carboxylic acids is 2. The Morgan fingerprint density at radius 1 is 0.927 bits per heavy atom. The van der Waals surface area contributed by atoms with Gasteiger partial charge in [0.05, 0.1) is 6.42 Å². The van der Waals surface area contributed by atoms with Crippen molar-refractivity contribution in [2.24, 2.45) is 22.7 Å². The average Bonchev–Trinajstić information content (AvgIpc) is 3.19. The molecule has 0 saturated heterocycles. The van der Waals surface area contributed by atoms with Gasteiger partial charge in [-0.05, 0) is 118 Å². The highest BCUT2D eigenvalue weighted by molar-refractivity contribution is 5.87. The third-order valence-corrected chi connectivity index (χ3v) is 12.9. The zero-order valence-corrected chi connectivity index (χ0v) is 32.5. The van der Waals surface area contributed by atoms with E-state index in [2.05, 4.69) is 74.3 Å². The molecule has 55 heavy (non-hydrogen) atoms. The van der Waals surface area contributed by atoms with E-state index in [1.165, 1.54) is 39.8 Å². The molecule has 4 unspecified atom stereocenters. The summed E-state index contributed by atoms with van der Waals surface area (Å²) in [6, 6.07) is 26.6. The van der Waals surface area contributed by atoms with E-state index in [9.17, 15) is 19.5 Å². The Balaban J connectivity index is 0.927. The van der Waals surface area contributed by atoms with Gasteiger partial charge in [0.25, 0.3) is 0 Å². The number of allylic oxidation sites excluding steroid dienone is 3. The average molecular weight is 739 g/mol. The number of carboxylic acids is 1. The maximum atomic E-state index is 13.3.